The van der Waals surface area contributed by atoms with Crippen molar-refractivity contribution in [1.82, 2.24) is 0 Å². The van der Waals surface area contributed by atoms with Crippen molar-refractivity contribution in [3.63, 3.8) is 0 Å². The lowest BCUT2D eigenvalue weighted by molar-refractivity contribution is 0.848. The summed E-state index contributed by atoms with van der Waals surface area (Å²) in [4.78, 5) is 0. The molecule has 0 aliphatic carbocycles. The number of rotatable bonds is 5. The lowest BCUT2D eigenvalue weighted by Crippen LogP contribution is -1.92. The summed E-state index contributed by atoms with van der Waals surface area (Å²) in [7, 11) is 0. The highest BCUT2D eigenvalue weighted by Crippen LogP contribution is 2.09. The summed E-state index contributed by atoms with van der Waals surface area (Å²) in [6.45, 7) is 8.14. The average molecular weight is 144 g/mol. The van der Waals surface area contributed by atoms with Crippen LogP contribution < -0.4 is 0 Å². The molecule has 9 heavy (non-hydrogen) atoms. The fraction of sp³-hybridized carbons (Fsp3) is 0.750. The van der Waals surface area contributed by atoms with Gasteiger partial charge in [0.2, 0.25) is 0 Å². The molecular formula is C8H16S. The lowest BCUT2D eigenvalue weighted by atomic mass is 10.2. The van der Waals surface area contributed by atoms with Gasteiger partial charge in [0.05, 0.1) is 0 Å². The smallest absolute Gasteiger partial charge is 0.000722 e. The largest absolute Gasteiger partial charge is 0.161 e. The Morgan fingerprint density at radius 3 is 2.78 bits per heavy atom. The van der Waals surface area contributed by atoms with Crippen molar-refractivity contribution in [3.05, 3.63) is 12.7 Å². The highest BCUT2D eigenvalue weighted by molar-refractivity contribution is 7.99. The summed E-state index contributed by atoms with van der Waals surface area (Å²) in [6.07, 6.45) is 3.30. The van der Waals surface area contributed by atoms with Gasteiger partial charge in [0.15, 0.2) is 0 Å². The van der Waals surface area contributed by atoms with Crippen molar-refractivity contribution in [3.8, 4) is 0 Å². The zero-order chi connectivity index (χ0) is 7.11. The first-order valence-electron chi connectivity index (χ1n) is 3.51. The third-order valence-corrected chi connectivity index (χ3v) is 2.59. The Labute approximate surface area is 62.7 Å². The van der Waals surface area contributed by atoms with Crippen molar-refractivity contribution in [2.75, 3.05) is 11.5 Å². The molecule has 0 amide bonds. The Kier molecular flexibility index (Phi) is 6.28. The molecule has 0 heterocycles. The van der Waals surface area contributed by atoms with E-state index in [1.165, 1.54) is 17.9 Å². The quantitative estimate of drug-likeness (QED) is 0.422. The number of allylic oxidation sites excluding steroid dienone is 1. The van der Waals surface area contributed by atoms with Crippen LogP contribution >= 0.6 is 11.8 Å². The van der Waals surface area contributed by atoms with Crippen LogP contribution in [0.15, 0.2) is 12.7 Å². The van der Waals surface area contributed by atoms with Crippen LogP contribution in [-0.2, 0) is 0 Å². The monoisotopic (exact) mass is 144 g/mol. The summed E-state index contributed by atoms with van der Waals surface area (Å²) in [5.74, 6) is 3.21. The molecule has 0 radical (unpaired) electrons. The van der Waals surface area contributed by atoms with Gasteiger partial charge in [-0.15, -0.1) is 6.58 Å². The van der Waals surface area contributed by atoms with Crippen molar-refractivity contribution < 1.29 is 0 Å². The van der Waals surface area contributed by atoms with E-state index in [-0.39, 0.29) is 0 Å². The van der Waals surface area contributed by atoms with Crippen LogP contribution in [0, 0.1) is 5.92 Å². The van der Waals surface area contributed by atoms with Crippen LogP contribution in [0.4, 0.5) is 0 Å². The van der Waals surface area contributed by atoms with Crippen LogP contribution in [0.25, 0.3) is 0 Å². The Hall–Kier alpha value is 0.0900. The SMILES string of the molecule is C=CC(C)CSCCC. The Morgan fingerprint density at radius 2 is 2.33 bits per heavy atom. The molecule has 0 bridgehead atoms. The van der Waals surface area contributed by atoms with Gasteiger partial charge in [-0.05, 0) is 23.8 Å². The van der Waals surface area contributed by atoms with Crippen molar-refractivity contribution >= 4 is 11.8 Å². The van der Waals surface area contributed by atoms with E-state index in [4.69, 9.17) is 0 Å². The van der Waals surface area contributed by atoms with E-state index in [0.717, 1.165) is 0 Å². The zero-order valence-electron chi connectivity index (χ0n) is 6.39. The molecule has 0 aromatic rings. The van der Waals surface area contributed by atoms with Crippen LogP contribution in [0.2, 0.25) is 0 Å². The molecule has 1 heteroatoms. The van der Waals surface area contributed by atoms with Gasteiger partial charge in [0.25, 0.3) is 0 Å². The van der Waals surface area contributed by atoms with E-state index in [9.17, 15) is 0 Å². The molecule has 54 valence electrons. The van der Waals surface area contributed by atoms with Crippen molar-refractivity contribution in [2.24, 2.45) is 5.92 Å². The standard InChI is InChI=1S/C8H16S/c1-4-6-9-7-8(3)5-2/h5,8H,2,4,6-7H2,1,3H3. The second-order valence-corrected chi connectivity index (χ2v) is 3.44. The first-order chi connectivity index (χ1) is 4.31. The van der Waals surface area contributed by atoms with E-state index < -0.39 is 0 Å². The number of hydrogen-bond donors (Lipinski definition) is 0. The van der Waals surface area contributed by atoms with E-state index in [1.54, 1.807) is 0 Å². The topological polar surface area (TPSA) is 0 Å². The molecule has 0 N–H and O–H groups in total. The van der Waals surface area contributed by atoms with Crippen LogP contribution in [0.3, 0.4) is 0 Å². The summed E-state index contributed by atoms with van der Waals surface area (Å²) >= 11 is 2.01. The van der Waals surface area contributed by atoms with Gasteiger partial charge in [-0.1, -0.05) is 19.9 Å². The van der Waals surface area contributed by atoms with Crippen molar-refractivity contribution in [2.45, 2.75) is 20.3 Å². The molecule has 0 spiro atoms. The molecule has 0 saturated carbocycles. The zero-order valence-corrected chi connectivity index (χ0v) is 7.21. The molecule has 0 nitrogen and oxygen atoms in total. The minimum atomic E-state index is 0.682. The summed E-state index contributed by atoms with van der Waals surface area (Å²) in [5.41, 5.74) is 0. The fourth-order valence-corrected chi connectivity index (χ4v) is 1.44. The first kappa shape index (κ1) is 9.09. The molecule has 0 aliphatic rings. The Bertz CT molecular complexity index is 69.0. The molecule has 0 aromatic carbocycles. The van der Waals surface area contributed by atoms with E-state index in [1.807, 2.05) is 17.8 Å². The van der Waals surface area contributed by atoms with Gasteiger partial charge < -0.3 is 0 Å². The minimum Gasteiger partial charge on any atom is -0.161 e. The highest BCUT2D eigenvalue weighted by atomic mass is 32.2. The van der Waals surface area contributed by atoms with Gasteiger partial charge in [-0.3, -0.25) is 0 Å². The fourth-order valence-electron chi connectivity index (χ4n) is 0.482. The molecule has 0 saturated heterocycles. The Morgan fingerprint density at radius 1 is 1.67 bits per heavy atom. The minimum absolute atomic E-state index is 0.682. The van der Waals surface area contributed by atoms with Crippen molar-refractivity contribution in [1.29, 1.82) is 0 Å². The molecule has 0 fully saturated rings. The van der Waals surface area contributed by atoms with E-state index in [0.29, 0.717) is 5.92 Å². The maximum absolute atomic E-state index is 3.73. The molecular weight excluding hydrogens is 128 g/mol. The molecule has 0 aliphatic heterocycles. The predicted octanol–water partition coefficient (Wildman–Crippen LogP) is 2.95. The molecule has 1 unspecified atom stereocenters. The first-order valence-corrected chi connectivity index (χ1v) is 4.67. The number of hydrogen-bond acceptors (Lipinski definition) is 1. The predicted molar refractivity (Wildman–Crippen MR) is 47.0 cm³/mol. The van der Waals surface area contributed by atoms with E-state index in [2.05, 4.69) is 20.4 Å². The van der Waals surface area contributed by atoms with Gasteiger partial charge >= 0.3 is 0 Å². The average Bonchev–Trinajstić information content (AvgIpc) is 1.89. The Balaban J connectivity index is 2.96. The van der Waals surface area contributed by atoms with Gasteiger partial charge in [-0.25, -0.2) is 0 Å². The summed E-state index contributed by atoms with van der Waals surface area (Å²) < 4.78 is 0. The van der Waals surface area contributed by atoms with Gasteiger partial charge in [0, 0.05) is 0 Å². The second-order valence-electron chi connectivity index (χ2n) is 2.29. The van der Waals surface area contributed by atoms with Crippen LogP contribution in [-0.4, -0.2) is 11.5 Å². The van der Waals surface area contributed by atoms with E-state index >= 15 is 0 Å². The molecule has 0 rings (SSSR count). The maximum Gasteiger partial charge on any atom is -0.000722 e. The third kappa shape index (κ3) is 5.97. The van der Waals surface area contributed by atoms with Crippen LogP contribution in [0.1, 0.15) is 20.3 Å². The molecule has 0 aromatic heterocycles. The maximum atomic E-state index is 3.73. The lowest BCUT2D eigenvalue weighted by Gasteiger charge is -2.02. The summed E-state index contributed by atoms with van der Waals surface area (Å²) in [6, 6.07) is 0. The summed E-state index contributed by atoms with van der Waals surface area (Å²) in [5, 5.41) is 0. The van der Waals surface area contributed by atoms with Crippen LogP contribution in [0.5, 0.6) is 0 Å². The molecule has 1 atom stereocenters. The third-order valence-electron chi connectivity index (χ3n) is 1.13. The number of thioether (sulfide) groups is 1. The highest BCUT2D eigenvalue weighted by Gasteiger charge is 1.93. The second kappa shape index (κ2) is 6.21. The van der Waals surface area contributed by atoms with Gasteiger partial charge in [-0.2, -0.15) is 11.8 Å². The normalized spacial score (nSPS) is 13.1. The van der Waals surface area contributed by atoms with Gasteiger partial charge in [0.1, 0.15) is 0 Å².